The van der Waals surface area contributed by atoms with Crippen molar-refractivity contribution in [3.05, 3.63) is 28.8 Å². The van der Waals surface area contributed by atoms with Gasteiger partial charge in [-0.25, -0.2) is 0 Å². The van der Waals surface area contributed by atoms with Gasteiger partial charge in [-0.1, -0.05) is 6.07 Å². The van der Waals surface area contributed by atoms with Crippen molar-refractivity contribution in [1.29, 1.82) is 0 Å². The van der Waals surface area contributed by atoms with Gasteiger partial charge >= 0.3 is 0 Å². The molecule has 0 radical (unpaired) electrons. The molecule has 2 heteroatoms. The van der Waals surface area contributed by atoms with Gasteiger partial charge in [-0.3, -0.25) is 4.70 Å². The summed E-state index contributed by atoms with van der Waals surface area (Å²) in [6, 6.07) is 4.01. The Balaban J connectivity index is 0.000001000. The van der Waals surface area contributed by atoms with Crippen molar-refractivity contribution in [2.45, 2.75) is 20.8 Å². The van der Waals surface area contributed by atoms with Crippen LogP contribution in [0.3, 0.4) is 0 Å². The Kier molecular flexibility index (Phi) is 3.05. The SMILES string of the molecule is Cc1ccc(N)c(C)c1C.F. The normalized spacial score (nSPS) is 9.00. The van der Waals surface area contributed by atoms with Crippen molar-refractivity contribution in [3.8, 4) is 0 Å². The third kappa shape index (κ3) is 1.70. The van der Waals surface area contributed by atoms with Crippen LogP contribution in [-0.2, 0) is 0 Å². The van der Waals surface area contributed by atoms with Gasteiger partial charge in [0.1, 0.15) is 0 Å². The number of halogens is 1. The molecule has 0 saturated carbocycles. The number of hydrogen-bond donors (Lipinski definition) is 1. The lowest BCUT2D eigenvalue weighted by Crippen LogP contribution is -1.93. The zero-order valence-electron chi connectivity index (χ0n) is 7.14. The van der Waals surface area contributed by atoms with E-state index in [1.54, 1.807) is 0 Å². The van der Waals surface area contributed by atoms with Gasteiger partial charge < -0.3 is 5.73 Å². The van der Waals surface area contributed by atoms with E-state index in [4.69, 9.17) is 5.73 Å². The number of nitrogen functional groups attached to an aromatic ring is 1. The molecule has 2 N–H and O–H groups in total. The van der Waals surface area contributed by atoms with E-state index in [2.05, 4.69) is 26.8 Å². The van der Waals surface area contributed by atoms with Gasteiger partial charge in [-0.05, 0) is 43.5 Å². The molecule has 11 heavy (non-hydrogen) atoms. The standard InChI is InChI=1S/C9H13N.FH/c1-6-4-5-9(10)8(3)7(6)2;/h4-5H,10H2,1-3H3;1H. The Morgan fingerprint density at radius 3 is 2.00 bits per heavy atom. The van der Waals surface area contributed by atoms with Gasteiger partial charge in [0.25, 0.3) is 0 Å². The first kappa shape index (κ1) is 9.95. The zero-order valence-corrected chi connectivity index (χ0v) is 7.14. The molecule has 1 aromatic carbocycles. The topological polar surface area (TPSA) is 26.0 Å². The van der Waals surface area contributed by atoms with E-state index in [0.29, 0.717) is 0 Å². The van der Waals surface area contributed by atoms with Crippen LogP contribution in [-0.4, -0.2) is 0 Å². The molecule has 1 aromatic rings. The summed E-state index contributed by atoms with van der Waals surface area (Å²) in [6.45, 7) is 6.25. The van der Waals surface area contributed by atoms with E-state index in [-0.39, 0.29) is 4.70 Å². The summed E-state index contributed by atoms with van der Waals surface area (Å²) in [5.41, 5.74) is 10.4. The van der Waals surface area contributed by atoms with Crippen molar-refractivity contribution < 1.29 is 4.70 Å². The van der Waals surface area contributed by atoms with Gasteiger partial charge in [0.05, 0.1) is 0 Å². The van der Waals surface area contributed by atoms with Crippen LogP contribution in [0.5, 0.6) is 0 Å². The molecule has 0 aliphatic heterocycles. The molecule has 0 amide bonds. The van der Waals surface area contributed by atoms with Crippen LogP contribution in [0, 0.1) is 20.8 Å². The average Bonchev–Trinajstić information content (AvgIpc) is 1.93. The molecular formula is C9H14FN. The molecule has 0 saturated heterocycles. The molecule has 1 rings (SSSR count). The quantitative estimate of drug-likeness (QED) is 0.572. The summed E-state index contributed by atoms with van der Waals surface area (Å²) in [4.78, 5) is 0. The molecule has 0 aliphatic rings. The predicted molar refractivity (Wildman–Crippen MR) is 47.6 cm³/mol. The van der Waals surface area contributed by atoms with Gasteiger partial charge in [0.15, 0.2) is 0 Å². The lowest BCUT2D eigenvalue weighted by molar-refractivity contribution is 1.11. The second kappa shape index (κ2) is 3.37. The first-order valence-corrected chi connectivity index (χ1v) is 3.45. The lowest BCUT2D eigenvalue weighted by Gasteiger charge is -2.05. The van der Waals surface area contributed by atoms with Gasteiger partial charge in [0, 0.05) is 5.69 Å². The molecule has 62 valence electrons. The zero-order chi connectivity index (χ0) is 7.72. The highest BCUT2D eigenvalue weighted by molar-refractivity contribution is 5.52. The first-order chi connectivity index (χ1) is 4.63. The van der Waals surface area contributed by atoms with Crippen molar-refractivity contribution in [2.24, 2.45) is 0 Å². The van der Waals surface area contributed by atoms with E-state index >= 15 is 0 Å². The van der Waals surface area contributed by atoms with Crippen molar-refractivity contribution >= 4 is 5.69 Å². The van der Waals surface area contributed by atoms with E-state index in [1.165, 1.54) is 16.7 Å². The Bertz CT molecular complexity index is 229. The van der Waals surface area contributed by atoms with Crippen LogP contribution in [0.4, 0.5) is 10.4 Å². The summed E-state index contributed by atoms with van der Waals surface area (Å²) in [5, 5.41) is 0. The summed E-state index contributed by atoms with van der Waals surface area (Å²) in [7, 11) is 0. The Hall–Kier alpha value is -1.05. The first-order valence-electron chi connectivity index (χ1n) is 3.45. The Morgan fingerprint density at radius 2 is 1.55 bits per heavy atom. The van der Waals surface area contributed by atoms with Gasteiger partial charge in [-0.2, -0.15) is 0 Å². The summed E-state index contributed by atoms with van der Waals surface area (Å²) in [6.07, 6.45) is 0. The molecule has 0 unspecified atom stereocenters. The van der Waals surface area contributed by atoms with Gasteiger partial charge in [-0.15, -0.1) is 0 Å². The molecule has 0 spiro atoms. The van der Waals surface area contributed by atoms with Crippen LogP contribution in [0.2, 0.25) is 0 Å². The molecule has 0 aliphatic carbocycles. The van der Waals surface area contributed by atoms with E-state index in [0.717, 1.165) is 5.69 Å². The van der Waals surface area contributed by atoms with Crippen LogP contribution >= 0.6 is 0 Å². The summed E-state index contributed by atoms with van der Waals surface area (Å²) in [5.74, 6) is 0. The lowest BCUT2D eigenvalue weighted by atomic mass is 10.0. The maximum atomic E-state index is 5.69. The predicted octanol–water partition coefficient (Wildman–Crippen LogP) is 2.35. The second-order valence-corrected chi connectivity index (χ2v) is 2.72. The van der Waals surface area contributed by atoms with Crippen molar-refractivity contribution in [1.82, 2.24) is 0 Å². The highest BCUT2D eigenvalue weighted by atomic mass is 19.0. The summed E-state index contributed by atoms with van der Waals surface area (Å²) < 4.78 is 0. The number of rotatable bonds is 0. The highest BCUT2D eigenvalue weighted by Crippen LogP contribution is 2.17. The van der Waals surface area contributed by atoms with E-state index in [9.17, 15) is 0 Å². The van der Waals surface area contributed by atoms with Crippen LogP contribution in [0.15, 0.2) is 12.1 Å². The molecule has 0 aromatic heterocycles. The smallest absolute Gasteiger partial charge is 0.0346 e. The fraction of sp³-hybridized carbons (Fsp3) is 0.333. The number of aryl methyl sites for hydroxylation is 1. The fourth-order valence-electron chi connectivity index (χ4n) is 0.977. The molecular weight excluding hydrogens is 141 g/mol. The van der Waals surface area contributed by atoms with Crippen LogP contribution in [0.25, 0.3) is 0 Å². The third-order valence-electron chi connectivity index (χ3n) is 2.10. The second-order valence-electron chi connectivity index (χ2n) is 2.72. The minimum absolute atomic E-state index is 0. The largest absolute Gasteiger partial charge is 0.399 e. The molecule has 0 bridgehead atoms. The minimum atomic E-state index is 0. The molecule has 1 nitrogen and oxygen atoms in total. The van der Waals surface area contributed by atoms with Crippen LogP contribution < -0.4 is 5.73 Å². The van der Waals surface area contributed by atoms with Crippen LogP contribution in [0.1, 0.15) is 16.7 Å². The maximum Gasteiger partial charge on any atom is 0.0346 e. The monoisotopic (exact) mass is 155 g/mol. The Morgan fingerprint density at radius 1 is 1.00 bits per heavy atom. The van der Waals surface area contributed by atoms with E-state index in [1.807, 2.05) is 6.07 Å². The number of nitrogens with two attached hydrogens (primary N) is 1. The molecule has 0 heterocycles. The number of anilines is 1. The average molecular weight is 155 g/mol. The molecule has 0 atom stereocenters. The highest BCUT2D eigenvalue weighted by Gasteiger charge is 1.98. The number of hydrogen-bond acceptors (Lipinski definition) is 1. The minimum Gasteiger partial charge on any atom is -0.399 e. The van der Waals surface area contributed by atoms with E-state index < -0.39 is 0 Å². The number of benzene rings is 1. The van der Waals surface area contributed by atoms with Crippen molar-refractivity contribution in [3.63, 3.8) is 0 Å². The molecule has 0 fully saturated rings. The fourth-order valence-corrected chi connectivity index (χ4v) is 0.977. The third-order valence-corrected chi connectivity index (χ3v) is 2.10. The Labute approximate surface area is 66.6 Å². The van der Waals surface area contributed by atoms with Gasteiger partial charge in [0.2, 0.25) is 0 Å². The van der Waals surface area contributed by atoms with Crippen molar-refractivity contribution in [2.75, 3.05) is 5.73 Å². The summed E-state index contributed by atoms with van der Waals surface area (Å²) >= 11 is 0. The maximum absolute atomic E-state index is 5.69.